The maximum atomic E-state index is 14.0. The van der Waals surface area contributed by atoms with Crippen molar-refractivity contribution in [3.63, 3.8) is 0 Å². The van der Waals surface area contributed by atoms with Gasteiger partial charge in [-0.15, -0.1) is 0 Å². The van der Waals surface area contributed by atoms with Crippen LogP contribution in [-0.2, 0) is 33.1 Å². The average molecular weight is 522 g/mol. The maximum Gasteiger partial charge on any atom is 0.266 e. The molecule has 4 rings (SSSR count). The van der Waals surface area contributed by atoms with Crippen molar-refractivity contribution in [2.24, 2.45) is 0 Å². The fraction of sp³-hybridized carbons (Fsp3) is 0.143. The monoisotopic (exact) mass is 521 g/mol. The van der Waals surface area contributed by atoms with Gasteiger partial charge in [-0.05, 0) is 35.9 Å². The molecule has 0 saturated heterocycles. The number of methoxy groups -OCH3 is 1. The second-order valence-electron chi connectivity index (χ2n) is 7.28. The highest BCUT2D eigenvalue weighted by Gasteiger charge is 2.24. The van der Waals surface area contributed by atoms with Crippen LogP contribution in [0.4, 0.5) is 10.2 Å². The average Bonchev–Trinajstić information content (AvgIpc) is 3.44. The van der Waals surface area contributed by atoms with E-state index in [0.717, 1.165) is 17.5 Å². The second-order valence-corrected chi connectivity index (χ2v) is 10.6. The number of nitrogens with one attached hydrogen (secondary N) is 2. The molecule has 0 fully saturated rings. The van der Waals surface area contributed by atoms with E-state index in [2.05, 4.69) is 26.3 Å². The first-order chi connectivity index (χ1) is 16.6. The first-order valence-corrected chi connectivity index (χ1v) is 13.0. The van der Waals surface area contributed by atoms with Gasteiger partial charge in [-0.2, -0.15) is 5.10 Å². The van der Waals surface area contributed by atoms with Gasteiger partial charge in [-0.1, -0.05) is 23.9 Å². The molecule has 35 heavy (non-hydrogen) atoms. The lowest BCUT2D eigenvalue weighted by molar-refractivity contribution is 0.418. The minimum absolute atomic E-state index is 0.00265. The third-order valence-corrected chi connectivity index (χ3v) is 7.25. The van der Waals surface area contributed by atoms with E-state index in [4.69, 9.17) is 9.26 Å². The molecule has 0 bridgehead atoms. The minimum atomic E-state index is -4.28. The van der Waals surface area contributed by atoms with Crippen molar-refractivity contribution in [3.05, 3.63) is 77.7 Å². The summed E-state index contributed by atoms with van der Waals surface area (Å²) in [6, 6.07) is 9.90. The van der Waals surface area contributed by atoms with Gasteiger partial charge in [-0.25, -0.2) is 25.9 Å². The van der Waals surface area contributed by atoms with Crippen LogP contribution in [0.25, 0.3) is 11.0 Å². The van der Waals surface area contributed by atoms with Crippen molar-refractivity contribution in [3.8, 4) is 5.75 Å². The number of ether oxygens (including phenoxy) is 1. The van der Waals surface area contributed by atoms with Crippen molar-refractivity contribution in [2.45, 2.75) is 18.0 Å². The van der Waals surface area contributed by atoms with E-state index in [0.29, 0.717) is 11.3 Å². The van der Waals surface area contributed by atoms with Gasteiger partial charge in [0, 0.05) is 11.6 Å². The Balaban J connectivity index is 1.58. The number of halogens is 1. The number of anilines is 1. The summed E-state index contributed by atoms with van der Waals surface area (Å²) in [4.78, 5) is -0.531. The molecule has 4 aromatic rings. The predicted molar refractivity (Wildman–Crippen MR) is 125 cm³/mol. The normalized spacial score (nSPS) is 12.1. The lowest BCUT2D eigenvalue weighted by atomic mass is 10.1. The van der Waals surface area contributed by atoms with E-state index in [1.165, 1.54) is 19.2 Å². The van der Waals surface area contributed by atoms with Gasteiger partial charge < -0.3 is 9.26 Å². The maximum absolute atomic E-state index is 14.0. The molecule has 0 radical (unpaired) electrons. The summed E-state index contributed by atoms with van der Waals surface area (Å²) in [5.74, 6) is -0.781. The number of nitrogens with zero attached hydrogens (tertiary/aromatic N) is 3. The Bertz CT molecular complexity index is 1610. The second kappa shape index (κ2) is 9.48. The van der Waals surface area contributed by atoms with Crippen LogP contribution >= 0.6 is 0 Å². The lowest BCUT2D eigenvalue weighted by Gasteiger charge is -2.09. The van der Waals surface area contributed by atoms with Gasteiger partial charge in [0.15, 0.2) is 11.4 Å². The van der Waals surface area contributed by atoms with Crippen LogP contribution in [0, 0.1) is 5.82 Å². The van der Waals surface area contributed by atoms with Gasteiger partial charge in [0.25, 0.3) is 10.0 Å². The molecule has 14 heteroatoms. The van der Waals surface area contributed by atoms with Gasteiger partial charge in [0.2, 0.25) is 10.0 Å². The quantitative estimate of drug-likeness (QED) is 0.324. The lowest BCUT2D eigenvalue weighted by Crippen LogP contribution is -2.20. The number of aromatic nitrogens is 3. The fourth-order valence-electron chi connectivity index (χ4n) is 3.26. The van der Waals surface area contributed by atoms with E-state index >= 15 is 0 Å². The van der Waals surface area contributed by atoms with Crippen LogP contribution < -0.4 is 14.2 Å². The van der Waals surface area contributed by atoms with E-state index < -0.39 is 30.8 Å². The van der Waals surface area contributed by atoms with Crippen LogP contribution in [-0.4, -0.2) is 38.9 Å². The Hall–Kier alpha value is -3.75. The Morgan fingerprint density at radius 2 is 1.97 bits per heavy atom. The summed E-state index contributed by atoms with van der Waals surface area (Å²) in [6.45, 7) is 3.50. The summed E-state index contributed by atoms with van der Waals surface area (Å²) < 4.78 is 79.3. The van der Waals surface area contributed by atoms with E-state index in [-0.39, 0.29) is 35.6 Å². The molecule has 0 unspecified atom stereocenters. The number of sulfonamides is 2. The smallest absolute Gasteiger partial charge is 0.266 e. The Morgan fingerprint density at radius 3 is 2.69 bits per heavy atom. The summed E-state index contributed by atoms with van der Waals surface area (Å²) in [5.41, 5.74) is 1.42. The summed E-state index contributed by atoms with van der Waals surface area (Å²) in [5, 5.41) is 9.18. The molecule has 2 aromatic heterocycles. The highest BCUT2D eigenvalue weighted by atomic mass is 32.2. The number of hydrogen-bond acceptors (Lipinski definition) is 8. The molecular formula is C21H20FN5O6S2. The largest absolute Gasteiger partial charge is 0.496 e. The van der Waals surface area contributed by atoms with Gasteiger partial charge in [-0.3, -0.25) is 9.40 Å². The van der Waals surface area contributed by atoms with Gasteiger partial charge in [0.05, 0.1) is 25.9 Å². The van der Waals surface area contributed by atoms with Crippen LogP contribution in [0.5, 0.6) is 5.75 Å². The molecule has 2 N–H and O–H groups in total. The first kappa shape index (κ1) is 24.4. The minimum Gasteiger partial charge on any atom is -0.496 e. The number of rotatable bonds is 10. The molecule has 0 amide bonds. The molecule has 0 aliphatic rings. The molecule has 2 aromatic carbocycles. The van der Waals surface area contributed by atoms with Crippen LogP contribution in [0.3, 0.4) is 0 Å². The van der Waals surface area contributed by atoms with Crippen LogP contribution in [0.15, 0.2) is 70.1 Å². The topological polar surface area (TPSA) is 145 Å². The van der Waals surface area contributed by atoms with Crippen molar-refractivity contribution < 1.29 is 30.5 Å². The first-order valence-electron chi connectivity index (χ1n) is 10.00. The predicted octanol–water partition coefficient (Wildman–Crippen LogP) is 2.58. The molecule has 0 aliphatic heterocycles. The van der Waals surface area contributed by atoms with E-state index in [1.807, 2.05) is 0 Å². The fourth-order valence-corrected chi connectivity index (χ4v) is 4.82. The third kappa shape index (κ3) is 5.34. The molecule has 184 valence electrons. The molecule has 0 spiro atoms. The van der Waals surface area contributed by atoms with Crippen LogP contribution in [0.1, 0.15) is 11.3 Å². The Kier molecular flexibility index (Phi) is 6.60. The van der Waals surface area contributed by atoms with Gasteiger partial charge >= 0.3 is 0 Å². The SMILES string of the molecule is C=CS(=O)(=O)NCc1ccn(Cc2cc(OC)c3c(NS(=O)(=O)c4ccccc4F)noc3c2)n1. The zero-order valence-corrected chi connectivity index (χ0v) is 19.9. The zero-order valence-electron chi connectivity index (χ0n) is 18.3. The number of hydrogen-bond donors (Lipinski definition) is 2. The number of benzene rings is 2. The summed E-state index contributed by atoms with van der Waals surface area (Å²) in [7, 11) is -6.45. The molecule has 0 saturated carbocycles. The molecule has 11 nitrogen and oxygen atoms in total. The summed E-state index contributed by atoms with van der Waals surface area (Å²) >= 11 is 0. The third-order valence-electron chi connectivity index (χ3n) is 4.89. The van der Waals surface area contributed by atoms with Gasteiger partial charge in [0.1, 0.15) is 21.8 Å². The highest BCUT2D eigenvalue weighted by molar-refractivity contribution is 7.92. The van der Waals surface area contributed by atoms with Crippen molar-refractivity contribution in [2.75, 3.05) is 11.8 Å². The van der Waals surface area contributed by atoms with Crippen LogP contribution in [0.2, 0.25) is 0 Å². The summed E-state index contributed by atoms with van der Waals surface area (Å²) in [6.07, 6.45) is 1.67. The van der Waals surface area contributed by atoms with E-state index in [1.54, 1.807) is 29.1 Å². The molecule has 2 heterocycles. The molecule has 0 aliphatic carbocycles. The number of fused-ring (bicyclic) bond motifs is 1. The molecule has 0 atom stereocenters. The van der Waals surface area contributed by atoms with E-state index in [9.17, 15) is 21.2 Å². The van der Waals surface area contributed by atoms with Crippen molar-refractivity contribution >= 4 is 36.8 Å². The standard InChI is InChI=1S/C21H20FN5O6S2/c1-3-34(28,29)23-12-15-8-9-27(24-15)13-14-10-17(32-2)20-18(11-14)33-25-21(20)26-35(30,31)19-7-5-4-6-16(19)22/h3-11,23H,1,12-13H2,2H3,(H,25,26). The molecular weight excluding hydrogens is 501 g/mol. The Morgan fingerprint density at radius 1 is 1.20 bits per heavy atom. The zero-order chi connectivity index (χ0) is 25.2. The van der Waals surface area contributed by atoms with Crippen molar-refractivity contribution in [1.29, 1.82) is 0 Å². The Labute approximate surface area is 200 Å². The highest BCUT2D eigenvalue weighted by Crippen LogP contribution is 2.35. The van der Waals surface area contributed by atoms with Crippen molar-refractivity contribution in [1.82, 2.24) is 19.7 Å².